The van der Waals surface area contributed by atoms with Crippen molar-refractivity contribution in [2.75, 3.05) is 16.8 Å². The lowest BCUT2D eigenvalue weighted by atomic mass is 9.85. The van der Waals surface area contributed by atoms with Crippen molar-refractivity contribution >= 4 is 46.6 Å². The van der Waals surface area contributed by atoms with Gasteiger partial charge in [0, 0.05) is 18.7 Å². The lowest BCUT2D eigenvalue weighted by Gasteiger charge is -2.23. The third-order valence-corrected chi connectivity index (χ3v) is 6.19. The summed E-state index contributed by atoms with van der Waals surface area (Å²) in [5.74, 6) is -1.73. The van der Waals surface area contributed by atoms with Crippen LogP contribution < -0.4 is 10.2 Å². The van der Waals surface area contributed by atoms with Crippen molar-refractivity contribution < 1.29 is 19.2 Å². The number of halogens is 1. The first-order chi connectivity index (χ1) is 13.9. The summed E-state index contributed by atoms with van der Waals surface area (Å²) in [4.78, 5) is 52.7. The minimum absolute atomic E-state index is 0.0272. The molecular formula is C21H22ClN3O4. The molecule has 4 amide bonds. The summed E-state index contributed by atoms with van der Waals surface area (Å²) < 4.78 is 0. The van der Waals surface area contributed by atoms with Crippen LogP contribution in [-0.2, 0) is 19.2 Å². The molecule has 7 nitrogen and oxygen atoms in total. The molecule has 0 aromatic heterocycles. The Morgan fingerprint density at radius 1 is 1.14 bits per heavy atom. The number of carbonyl (C=O) groups is 4. The lowest BCUT2D eigenvalue weighted by molar-refractivity contribution is -0.146. The van der Waals surface area contributed by atoms with Crippen LogP contribution in [0.25, 0.3) is 0 Å². The molecule has 152 valence electrons. The number of carbonyl (C=O) groups excluding carboxylic acids is 4. The van der Waals surface area contributed by atoms with Crippen LogP contribution in [-0.4, -0.2) is 41.1 Å². The zero-order valence-electron chi connectivity index (χ0n) is 16.1. The normalized spacial score (nSPS) is 24.8. The highest BCUT2D eigenvalue weighted by molar-refractivity contribution is 6.34. The van der Waals surface area contributed by atoms with E-state index in [1.807, 2.05) is 12.2 Å². The fourth-order valence-corrected chi connectivity index (χ4v) is 4.56. The highest BCUT2D eigenvalue weighted by atomic mass is 35.5. The molecule has 2 aliphatic heterocycles. The van der Waals surface area contributed by atoms with Gasteiger partial charge in [0.05, 0.1) is 22.5 Å². The number of rotatable bonds is 4. The van der Waals surface area contributed by atoms with E-state index < -0.39 is 11.9 Å². The Balaban J connectivity index is 1.46. The second-order valence-electron chi connectivity index (χ2n) is 7.68. The molecule has 0 spiro atoms. The van der Waals surface area contributed by atoms with Crippen molar-refractivity contribution in [2.24, 2.45) is 11.8 Å². The zero-order chi connectivity index (χ0) is 20.7. The van der Waals surface area contributed by atoms with Crippen molar-refractivity contribution in [1.29, 1.82) is 0 Å². The first-order valence-corrected chi connectivity index (χ1v) is 10.2. The molecule has 29 heavy (non-hydrogen) atoms. The third-order valence-electron chi connectivity index (χ3n) is 5.89. The molecule has 2 saturated heterocycles. The summed E-state index contributed by atoms with van der Waals surface area (Å²) in [6.45, 7) is 2.17. The molecule has 0 bridgehead atoms. The Kier molecular flexibility index (Phi) is 5.17. The molecule has 4 rings (SSSR count). The van der Waals surface area contributed by atoms with E-state index in [0.717, 1.165) is 11.3 Å². The molecule has 0 radical (unpaired) electrons. The molecule has 1 aromatic rings. The van der Waals surface area contributed by atoms with Crippen LogP contribution in [0.3, 0.4) is 0 Å². The van der Waals surface area contributed by atoms with Crippen molar-refractivity contribution in [1.82, 2.24) is 4.90 Å². The topological polar surface area (TPSA) is 86.8 Å². The van der Waals surface area contributed by atoms with Gasteiger partial charge in [-0.15, -0.1) is 0 Å². The molecule has 1 N–H and O–H groups in total. The Labute approximate surface area is 173 Å². The van der Waals surface area contributed by atoms with Gasteiger partial charge in [-0.2, -0.15) is 0 Å². The van der Waals surface area contributed by atoms with E-state index in [2.05, 4.69) is 5.32 Å². The van der Waals surface area contributed by atoms with Gasteiger partial charge in [0.25, 0.3) is 0 Å². The first-order valence-electron chi connectivity index (χ1n) is 9.81. The number of hydrogen-bond acceptors (Lipinski definition) is 4. The minimum atomic E-state index is -0.917. The third kappa shape index (κ3) is 3.44. The quantitative estimate of drug-likeness (QED) is 0.605. The number of nitrogens with zero attached hydrogens (tertiary/aromatic N) is 2. The number of nitrogens with one attached hydrogen (secondary N) is 1. The summed E-state index contributed by atoms with van der Waals surface area (Å²) in [5, 5.41) is 3.08. The van der Waals surface area contributed by atoms with Gasteiger partial charge in [-0.05, 0) is 44.4 Å². The van der Waals surface area contributed by atoms with Gasteiger partial charge in [0.2, 0.25) is 23.6 Å². The maximum absolute atomic E-state index is 12.7. The van der Waals surface area contributed by atoms with Gasteiger partial charge in [-0.25, -0.2) is 0 Å². The summed E-state index contributed by atoms with van der Waals surface area (Å²) in [6.07, 6.45) is 6.19. The highest BCUT2D eigenvalue weighted by Crippen LogP contribution is 2.36. The molecular weight excluding hydrogens is 394 g/mol. The highest BCUT2D eigenvalue weighted by Gasteiger charge is 2.50. The summed E-state index contributed by atoms with van der Waals surface area (Å²) in [5.41, 5.74) is 1.06. The van der Waals surface area contributed by atoms with Crippen LogP contribution in [0, 0.1) is 11.8 Å². The van der Waals surface area contributed by atoms with E-state index in [0.29, 0.717) is 42.2 Å². The van der Waals surface area contributed by atoms with E-state index in [-0.39, 0.29) is 29.6 Å². The summed E-state index contributed by atoms with van der Waals surface area (Å²) >= 11 is 6.32. The molecule has 3 aliphatic rings. The van der Waals surface area contributed by atoms with E-state index >= 15 is 0 Å². The zero-order valence-corrected chi connectivity index (χ0v) is 16.8. The van der Waals surface area contributed by atoms with Crippen LogP contribution >= 0.6 is 11.6 Å². The standard InChI is InChI=1S/C21H22ClN3O4/c1-12(25-20(28)14-5-2-3-6-15(14)21(25)29)19(27)23-13-8-9-17(16(22)11-13)24-10-4-7-18(24)26/h2-3,8-9,11-12,14-15H,4-7,10H2,1H3,(H,23,27)/t12-,14-,15+/m1/s1. The van der Waals surface area contributed by atoms with E-state index in [9.17, 15) is 19.2 Å². The summed E-state index contributed by atoms with van der Waals surface area (Å²) in [7, 11) is 0. The Morgan fingerprint density at radius 2 is 1.79 bits per heavy atom. The number of allylic oxidation sites excluding steroid dienone is 2. The molecule has 2 heterocycles. The average Bonchev–Trinajstić information content (AvgIpc) is 3.23. The Morgan fingerprint density at radius 3 is 2.34 bits per heavy atom. The predicted molar refractivity (Wildman–Crippen MR) is 108 cm³/mol. The van der Waals surface area contributed by atoms with Crippen molar-refractivity contribution in [3.8, 4) is 0 Å². The smallest absolute Gasteiger partial charge is 0.247 e. The first kappa shape index (κ1) is 19.6. The molecule has 2 fully saturated rings. The molecule has 1 aliphatic carbocycles. The van der Waals surface area contributed by atoms with Crippen LogP contribution in [0.5, 0.6) is 0 Å². The number of amides is 4. The Hall–Kier alpha value is -2.67. The maximum atomic E-state index is 12.7. The largest absolute Gasteiger partial charge is 0.324 e. The van der Waals surface area contributed by atoms with E-state index in [4.69, 9.17) is 11.6 Å². The number of imide groups is 1. The lowest BCUT2D eigenvalue weighted by Crippen LogP contribution is -2.46. The van der Waals surface area contributed by atoms with Crippen LogP contribution in [0.4, 0.5) is 11.4 Å². The molecule has 8 heteroatoms. The minimum Gasteiger partial charge on any atom is -0.324 e. The Bertz CT molecular complexity index is 903. The molecule has 3 atom stereocenters. The SMILES string of the molecule is C[C@H](C(=O)Nc1ccc(N2CCCC2=O)c(Cl)c1)N1C(=O)[C@H]2CC=CC[C@H]2C1=O. The second kappa shape index (κ2) is 7.63. The monoisotopic (exact) mass is 415 g/mol. The maximum Gasteiger partial charge on any atom is 0.247 e. The number of benzene rings is 1. The molecule has 0 unspecified atom stereocenters. The fraction of sp³-hybridized carbons (Fsp3) is 0.429. The van der Waals surface area contributed by atoms with Gasteiger partial charge in [0.1, 0.15) is 6.04 Å². The van der Waals surface area contributed by atoms with Crippen LogP contribution in [0.1, 0.15) is 32.6 Å². The number of likely N-dealkylation sites (tertiary alicyclic amines) is 1. The fourth-order valence-electron chi connectivity index (χ4n) is 4.28. The average molecular weight is 416 g/mol. The van der Waals surface area contributed by atoms with Crippen molar-refractivity contribution in [3.05, 3.63) is 35.4 Å². The number of anilines is 2. The van der Waals surface area contributed by atoms with Crippen molar-refractivity contribution in [2.45, 2.75) is 38.6 Å². The molecule has 0 saturated carbocycles. The predicted octanol–water partition coefficient (Wildman–Crippen LogP) is 2.75. The van der Waals surface area contributed by atoms with Gasteiger partial charge in [-0.3, -0.25) is 24.1 Å². The van der Waals surface area contributed by atoms with Crippen molar-refractivity contribution in [3.63, 3.8) is 0 Å². The van der Waals surface area contributed by atoms with Gasteiger partial charge < -0.3 is 10.2 Å². The number of fused-ring (bicyclic) bond motifs is 1. The van der Waals surface area contributed by atoms with Gasteiger partial charge >= 0.3 is 0 Å². The van der Waals surface area contributed by atoms with Crippen LogP contribution in [0.2, 0.25) is 5.02 Å². The van der Waals surface area contributed by atoms with Gasteiger partial charge in [0.15, 0.2) is 0 Å². The van der Waals surface area contributed by atoms with E-state index in [1.54, 1.807) is 30.0 Å². The van der Waals surface area contributed by atoms with Crippen LogP contribution in [0.15, 0.2) is 30.4 Å². The van der Waals surface area contributed by atoms with E-state index in [1.165, 1.54) is 0 Å². The molecule has 1 aromatic carbocycles. The summed E-state index contributed by atoms with van der Waals surface area (Å²) in [6, 6.07) is 4.01. The number of hydrogen-bond donors (Lipinski definition) is 1. The van der Waals surface area contributed by atoms with Gasteiger partial charge in [-0.1, -0.05) is 23.8 Å². The second-order valence-corrected chi connectivity index (χ2v) is 8.09.